The van der Waals surface area contributed by atoms with E-state index in [4.69, 9.17) is 5.11 Å². The van der Waals surface area contributed by atoms with E-state index in [1.54, 1.807) is 43.3 Å². The van der Waals surface area contributed by atoms with Gasteiger partial charge >= 0.3 is 0 Å². The van der Waals surface area contributed by atoms with Gasteiger partial charge in [0.25, 0.3) is 5.91 Å². The van der Waals surface area contributed by atoms with Crippen molar-refractivity contribution in [3.8, 4) is 0 Å². The van der Waals surface area contributed by atoms with Crippen LogP contribution in [0.2, 0.25) is 0 Å². The minimum Gasteiger partial charge on any atom is -0.396 e. The van der Waals surface area contributed by atoms with Crippen LogP contribution in [-0.2, 0) is 11.2 Å². The third-order valence-electron chi connectivity index (χ3n) is 3.40. The summed E-state index contributed by atoms with van der Waals surface area (Å²) < 4.78 is 0. The van der Waals surface area contributed by atoms with Gasteiger partial charge in [0.1, 0.15) is 6.04 Å². The van der Waals surface area contributed by atoms with Gasteiger partial charge in [0.15, 0.2) is 0 Å². The lowest BCUT2D eigenvalue weighted by Crippen LogP contribution is -2.41. The molecule has 3 N–H and O–H groups in total. The second-order valence-electron chi connectivity index (χ2n) is 5.22. The molecule has 0 fully saturated rings. The smallest absolute Gasteiger partial charge is 0.251 e. The minimum absolute atomic E-state index is 0.0915. The lowest BCUT2D eigenvalue weighted by Gasteiger charge is -2.14. The van der Waals surface area contributed by atoms with Crippen molar-refractivity contribution in [1.82, 2.24) is 5.32 Å². The zero-order valence-electron chi connectivity index (χ0n) is 13.0. The monoisotopic (exact) mass is 312 g/mol. The molecule has 2 rings (SSSR count). The molecule has 0 radical (unpaired) electrons. The average Bonchev–Trinajstić information content (AvgIpc) is 2.57. The molecule has 2 aromatic rings. The molecule has 0 aliphatic rings. The summed E-state index contributed by atoms with van der Waals surface area (Å²) in [6, 6.07) is 15.3. The van der Waals surface area contributed by atoms with E-state index < -0.39 is 6.04 Å². The van der Waals surface area contributed by atoms with Gasteiger partial charge in [-0.3, -0.25) is 9.59 Å². The Labute approximate surface area is 135 Å². The van der Waals surface area contributed by atoms with Crippen LogP contribution in [-0.4, -0.2) is 29.6 Å². The Morgan fingerprint density at radius 2 is 1.70 bits per heavy atom. The molecule has 0 heterocycles. The predicted molar refractivity (Wildman–Crippen MR) is 89.2 cm³/mol. The van der Waals surface area contributed by atoms with Crippen molar-refractivity contribution in [2.45, 2.75) is 19.4 Å². The number of nitrogens with one attached hydrogen (secondary N) is 2. The summed E-state index contributed by atoms with van der Waals surface area (Å²) in [5.41, 5.74) is 2.16. The van der Waals surface area contributed by atoms with E-state index in [0.717, 1.165) is 5.56 Å². The van der Waals surface area contributed by atoms with E-state index in [2.05, 4.69) is 10.6 Å². The van der Waals surface area contributed by atoms with E-state index in [9.17, 15) is 9.59 Å². The first-order valence-electron chi connectivity index (χ1n) is 7.46. The van der Waals surface area contributed by atoms with E-state index in [1.165, 1.54) is 0 Å². The maximum Gasteiger partial charge on any atom is 0.251 e. The van der Waals surface area contributed by atoms with Gasteiger partial charge in [0.2, 0.25) is 5.91 Å². The van der Waals surface area contributed by atoms with Crippen molar-refractivity contribution in [1.29, 1.82) is 0 Å². The summed E-state index contributed by atoms with van der Waals surface area (Å²) in [6.45, 7) is 1.73. The fourth-order valence-electron chi connectivity index (χ4n) is 2.07. The normalized spacial score (nSPS) is 11.6. The molecule has 0 saturated heterocycles. The maximum atomic E-state index is 12.1. The number of amides is 2. The Kier molecular flexibility index (Phi) is 5.88. The second-order valence-corrected chi connectivity index (χ2v) is 5.22. The minimum atomic E-state index is -0.653. The molecule has 5 heteroatoms. The van der Waals surface area contributed by atoms with Crippen LogP contribution in [0.5, 0.6) is 0 Å². The molecular formula is C18H20N2O3. The first kappa shape index (κ1) is 16.7. The Bertz CT molecular complexity index is 654. The third kappa shape index (κ3) is 4.93. The highest BCUT2D eigenvalue weighted by atomic mass is 16.3. The molecule has 0 aromatic heterocycles. The second kappa shape index (κ2) is 8.10. The van der Waals surface area contributed by atoms with E-state index in [-0.39, 0.29) is 18.4 Å². The van der Waals surface area contributed by atoms with Crippen LogP contribution in [0.15, 0.2) is 54.6 Å². The quantitative estimate of drug-likeness (QED) is 0.763. The highest BCUT2D eigenvalue weighted by Crippen LogP contribution is 2.10. The molecule has 2 amide bonds. The van der Waals surface area contributed by atoms with Gasteiger partial charge in [0.05, 0.1) is 0 Å². The summed E-state index contributed by atoms with van der Waals surface area (Å²) in [4.78, 5) is 24.1. The molecule has 2 aromatic carbocycles. The predicted octanol–water partition coefficient (Wildman–Crippen LogP) is 1.98. The summed E-state index contributed by atoms with van der Waals surface area (Å²) in [7, 11) is 0. The van der Waals surface area contributed by atoms with Crippen molar-refractivity contribution < 1.29 is 14.7 Å². The fourth-order valence-corrected chi connectivity index (χ4v) is 2.07. The summed E-state index contributed by atoms with van der Waals surface area (Å²) in [6.07, 6.45) is 0.581. The molecule has 1 unspecified atom stereocenters. The molecule has 23 heavy (non-hydrogen) atoms. The lowest BCUT2D eigenvalue weighted by atomic mass is 10.1. The van der Waals surface area contributed by atoms with Gasteiger partial charge in [-0.05, 0) is 43.2 Å². The third-order valence-corrected chi connectivity index (χ3v) is 3.40. The zero-order chi connectivity index (χ0) is 16.7. The molecule has 120 valence electrons. The summed E-state index contributed by atoms with van der Waals surface area (Å²) in [5, 5.41) is 14.3. The average molecular weight is 312 g/mol. The van der Waals surface area contributed by atoms with E-state index in [0.29, 0.717) is 17.7 Å². The van der Waals surface area contributed by atoms with Gasteiger partial charge in [-0.15, -0.1) is 0 Å². The Morgan fingerprint density at radius 3 is 2.30 bits per heavy atom. The highest BCUT2D eigenvalue weighted by Gasteiger charge is 2.16. The summed E-state index contributed by atoms with van der Waals surface area (Å²) >= 11 is 0. The number of carbonyl (C=O) groups is 2. The van der Waals surface area contributed by atoms with Gasteiger partial charge in [-0.25, -0.2) is 0 Å². The summed E-state index contributed by atoms with van der Waals surface area (Å²) in [5.74, 6) is -0.573. The fraction of sp³-hybridized carbons (Fsp3) is 0.222. The van der Waals surface area contributed by atoms with Crippen LogP contribution in [0.3, 0.4) is 0 Å². The van der Waals surface area contributed by atoms with E-state index >= 15 is 0 Å². The molecule has 1 atom stereocenters. The molecular weight excluding hydrogens is 292 g/mol. The number of aliphatic hydroxyl groups excluding tert-OH is 1. The molecule has 0 bridgehead atoms. The maximum absolute atomic E-state index is 12.1. The van der Waals surface area contributed by atoms with Crippen LogP contribution in [0.4, 0.5) is 5.69 Å². The standard InChI is InChI=1S/C18H20N2O3/c1-13(19-18(23)15-5-3-2-4-6-15)17(22)20-16-9-7-14(8-10-16)11-12-21/h2-10,13,21H,11-12H2,1H3,(H,19,23)(H,20,22). The van der Waals surface area contributed by atoms with Crippen molar-refractivity contribution in [2.75, 3.05) is 11.9 Å². The first-order chi connectivity index (χ1) is 11.1. The number of benzene rings is 2. The van der Waals surface area contributed by atoms with Crippen LogP contribution in [0.1, 0.15) is 22.8 Å². The van der Waals surface area contributed by atoms with Crippen LogP contribution in [0, 0.1) is 0 Å². The molecule has 0 saturated carbocycles. The van der Waals surface area contributed by atoms with Gasteiger partial charge in [-0.2, -0.15) is 0 Å². The van der Waals surface area contributed by atoms with Crippen LogP contribution >= 0.6 is 0 Å². The zero-order valence-corrected chi connectivity index (χ0v) is 13.0. The molecule has 0 spiro atoms. The SMILES string of the molecule is CC(NC(=O)c1ccccc1)C(=O)Nc1ccc(CCO)cc1. The number of hydrogen-bond donors (Lipinski definition) is 3. The Hall–Kier alpha value is -2.66. The van der Waals surface area contributed by atoms with Crippen molar-refractivity contribution in [2.24, 2.45) is 0 Å². The van der Waals surface area contributed by atoms with Crippen molar-refractivity contribution >= 4 is 17.5 Å². The number of anilines is 1. The van der Waals surface area contributed by atoms with E-state index in [1.807, 2.05) is 18.2 Å². The highest BCUT2D eigenvalue weighted by molar-refractivity contribution is 6.00. The number of aliphatic hydroxyl groups is 1. The first-order valence-corrected chi connectivity index (χ1v) is 7.46. The Morgan fingerprint density at radius 1 is 1.04 bits per heavy atom. The molecule has 0 aliphatic carbocycles. The number of rotatable bonds is 6. The molecule has 0 aliphatic heterocycles. The topological polar surface area (TPSA) is 78.4 Å². The van der Waals surface area contributed by atoms with Crippen LogP contribution < -0.4 is 10.6 Å². The lowest BCUT2D eigenvalue weighted by molar-refractivity contribution is -0.117. The number of carbonyl (C=O) groups excluding carboxylic acids is 2. The van der Waals surface area contributed by atoms with Crippen molar-refractivity contribution in [3.05, 3.63) is 65.7 Å². The van der Waals surface area contributed by atoms with Gasteiger partial charge in [-0.1, -0.05) is 30.3 Å². The van der Waals surface area contributed by atoms with Gasteiger partial charge in [0, 0.05) is 17.9 Å². The van der Waals surface area contributed by atoms with Crippen LogP contribution in [0.25, 0.3) is 0 Å². The molecule has 5 nitrogen and oxygen atoms in total. The Balaban J connectivity index is 1.90. The van der Waals surface area contributed by atoms with Gasteiger partial charge < -0.3 is 15.7 Å². The largest absolute Gasteiger partial charge is 0.396 e. The number of hydrogen-bond acceptors (Lipinski definition) is 3. The van der Waals surface area contributed by atoms with Crippen molar-refractivity contribution in [3.63, 3.8) is 0 Å².